The number of fused-ring (bicyclic) bond motifs is 1. The van der Waals surface area contributed by atoms with Gasteiger partial charge in [-0.05, 0) is 67.6 Å². The van der Waals surface area contributed by atoms with E-state index >= 15 is 0 Å². The van der Waals surface area contributed by atoms with Gasteiger partial charge in [0.1, 0.15) is 12.1 Å². The smallest absolute Gasteiger partial charge is 0.306 e. The van der Waals surface area contributed by atoms with Crippen LogP contribution in [0.5, 0.6) is 0 Å². The van der Waals surface area contributed by atoms with Crippen LogP contribution in [0.2, 0.25) is 0 Å². The largest absolute Gasteiger partial charge is 0.481 e. The van der Waals surface area contributed by atoms with Gasteiger partial charge in [-0.2, -0.15) is 0 Å². The normalized spacial score (nSPS) is 14.7. The molecule has 35 heavy (non-hydrogen) atoms. The Kier molecular flexibility index (Phi) is 6.49. The van der Waals surface area contributed by atoms with E-state index in [1.54, 1.807) is 18.6 Å². The number of hydrogen-bond donors (Lipinski definition) is 3. The molecule has 0 unspecified atom stereocenters. The Morgan fingerprint density at radius 1 is 1.11 bits per heavy atom. The predicted octanol–water partition coefficient (Wildman–Crippen LogP) is 3.46. The van der Waals surface area contributed by atoms with Gasteiger partial charge in [-0.25, -0.2) is 15.0 Å². The maximum atomic E-state index is 12.6. The summed E-state index contributed by atoms with van der Waals surface area (Å²) in [6.45, 7) is 2.56. The van der Waals surface area contributed by atoms with Gasteiger partial charge >= 0.3 is 5.97 Å². The summed E-state index contributed by atoms with van der Waals surface area (Å²) in [5.74, 6) is -0.418. The molecule has 0 atom stereocenters. The highest BCUT2D eigenvalue weighted by molar-refractivity contribution is 5.95. The molecule has 1 saturated heterocycles. The van der Waals surface area contributed by atoms with Gasteiger partial charge in [-0.1, -0.05) is 12.1 Å². The number of rotatable bonds is 7. The number of H-pyrrole nitrogens is 1. The molecule has 1 aliphatic heterocycles. The zero-order valence-electron chi connectivity index (χ0n) is 19.1. The molecule has 0 aliphatic carbocycles. The highest BCUT2D eigenvalue weighted by Gasteiger charge is 2.24. The second-order valence-electron chi connectivity index (χ2n) is 8.78. The van der Waals surface area contributed by atoms with Crippen molar-refractivity contribution < 1.29 is 9.90 Å². The molecule has 9 nitrogen and oxygen atoms in total. The standard InChI is InChI=1S/C26H26N6O3/c33-25-23-19(5-9-29-25)13-22(20-14-27-16-28-15-20)31-24(23)30-21-3-1-17(2-4-21)6-10-32-11-7-18(8-12-32)26(34)35/h1-5,9,13-16,18H,6-8,10-12H2,(H,29,33)(H,30,31)(H,34,35). The summed E-state index contributed by atoms with van der Waals surface area (Å²) in [4.78, 5) is 41.6. The second-order valence-corrected chi connectivity index (χ2v) is 8.78. The second kappa shape index (κ2) is 10.0. The van der Waals surface area contributed by atoms with E-state index < -0.39 is 5.97 Å². The van der Waals surface area contributed by atoms with Crippen molar-refractivity contribution in [3.8, 4) is 11.3 Å². The Balaban J connectivity index is 1.31. The summed E-state index contributed by atoms with van der Waals surface area (Å²) in [6, 6.07) is 11.8. The fourth-order valence-electron chi connectivity index (χ4n) is 4.47. The van der Waals surface area contributed by atoms with Crippen LogP contribution in [0.3, 0.4) is 0 Å². The lowest BCUT2D eigenvalue weighted by atomic mass is 9.97. The van der Waals surface area contributed by atoms with Crippen LogP contribution in [0, 0.1) is 5.92 Å². The molecule has 9 heteroatoms. The molecule has 0 spiro atoms. The first kappa shape index (κ1) is 22.7. The Labute approximate surface area is 201 Å². The van der Waals surface area contributed by atoms with Gasteiger partial charge in [0.25, 0.3) is 5.56 Å². The minimum atomic E-state index is -0.681. The van der Waals surface area contributed by atoms with Gasteiger partial charge in [0, 0.05) is 36.4 Å². The van der Waals surface area contributed by atoms with Crippen molar-refractivity contribution in [2.24, 2.45) is 5.92 Å². The van der Waals surface area contributed by atoms with Gasteiger partial charge in [0.2, 0.25) is 0 Å². The molecule has 0 bridgehead atoms. The van der Waals surface area contributed by atoms with Crippen molar-refractivity contribution in [1.29, 1.82) is 0 Å². The van der Waals surface area contributed by atoms with Gasteiger partial charge in [0.05, 0.1) is 17.0 Å². The zero-order chi connectivity index (χ0) is 24.2. The monoisotopic (exact) mass is 470 g/mol. The molecule has 0 amide bonds. The maximum absolute atomic E-state index is 12.6. The van der Waals surface area contributed by atoms with Crippen LogP contribution in [0.1, 0.15) is 18.4 Å². The molecule has 4 heterocycles. The Hall–Kier alpha value is -4.11. The Morgan fingerprint density at radius 2 is 1.86 bits per heavy atom. The van der Waals surface area contributed by atoms with Crippen LogP contribution in [-0.2, 0) is 11.2 Å². The van der Waals surface area contributed by atoms with Gasteiger partial charge < -0.3 is 20.3 Å². The number of hydrogen-bond acceptors (Lipinski definition) is 7. The average molecular weight is 471 g/mol. The summed E-state index contributed by atoms with van der Waals surface area (Å²) < 4.78 is 0. The van der Waals surface area contributed by atoms with E-state index in [-0.39, 0.29) is 11.5 Å². The topological polar surface area (TPSA) is 124 Å². The van der Waals surface area contributed by atoms with Crippen LogP contribution in [0.4, 0.5) is 11.5 Å². The molecular formula is C26H26N6O3. The minimum absolute atomic E-state index is 0.207. The number of carbonyl (C=O) groups is 1. The van der Waals surface area contributed by atoms with Gasteiger partial charge in [-0.3, -0.25) is 9.59 Å². The molecule has 178 valence electrons. The van der Waals surface area contributed by atoms with E-state index in [0.717, 1.165) is 42.7 Å². The lowest BCUT2D eigenvalue weighted by molar-refractivity contribution is -0.143. The number of aromatic nitrogens is 4. The van der Waals surface area contributed by atoms with Crippen molar-refractivity contribution in [1.82, 2.24) is 24.8 Å². The molecule has 1 fully saturated rings. The Bertz CT molecular complexity index is 1380. The van der Waals surface area contributed by atoms with E-state index in [1.165, 1.54) is 11.9 Å². The van der Waals surface area contributed by atoms with Crippen molar-refractivity contribution in [3.05, 3.63) is 77.2 Å². The first-order chi connectivity index (χ1) is 17.1. The van der Waals surface area contributed by atoms with E-state index in [1.807, 2.05) is 24.3 Å². The van der Waals surface area contributed by atoms with Gasteiger partial charge in [0.15, 0.2) is 0 Å². The molecule has 3 N–H and O–H groups in total. The first-order valence-electron chi connectivity index (χ1n) is 11.7. The fraction of sp³-hybridized carbons (Fsp3) is 0.269. The van der Waals surface area contributed by atoms with E-state index in [0.29, 0.717) is 29.7 Å². The van der Waals surface area contributed by atoms with Crippen molar-refractivity contribution >= 4 is 28.2 Å². The van der Waals surface area contributed by atoms with Crippen molar-refractivity contribution in [2.45, 2.75) is 19.3 Å². The number of pyridine rings is 2. The summed E-state index contributed by atoms with van der Waals surface area (Å²) in [5.41, 5.74) is 3.25. The number of aliphatic carboxylic acids is 1. The van der Waals surface area contributed by atoms with Crippen molar-refractivity contribution in [2.75, 3.05) is 25.0 Å². The molecule has 0 radical (unpaired) electrons. The molecule has 1 aromatic carbocycles. The highest BCUT2D eigenvalue weighted by Crippen LogP contribution is 2.27. The quantitative estimate of drug-likeness (QED) is 0.375. The highest BCUT2D eigenvalue weighted by atomic mass is 16.4. The average Bonchev–Trinajstić information content (AvgIpc) is 2.89. The van der Waals surface area contributed by atoms with Gasteiger partial charge in [-0.15, -0.1) is 0 Å². The maximum Gasteiger partial charge on any atom is 0.306 e. The van der Waals surface area contributed by atoms with Crippen LogP contribution in [0.25, 0.3) is 22.0 Å². The van der Waals surface area contributed by atoms with Crippen LogP contribution in [0.15, 0.2) is 66.1 Å². The van der Waals surface area contributed by atoms with E-state index in [2.05, 4.69) is 37.3 Å². The number of carboxylic acids is 1. The SMILES string of the molecule is O=C(O)C1CCN(CCc2ccc(Nc3nc(-c4cncnc4)cc4cc[nH]c(=O)c34)cc2)CC1. The molecule has 1 aliphatic rings. The fourth-order valence-corrected chi connectivity index (χ4v) is 4.47. The number of anilines is 2. The summed E-state index contributed by atoms with van der Waals surface area (Å²) >= 11 is 0. The number of carboxylic acid groups (broad SMARTS) is 1. The number of benzene rings is 1. The van der Waals surface area contributed by atoms with Crippen molar-refractivity contribution in [3.63, 3.8) is 0 Å². The minimum Gasteiger partial charge on any atom is -0.481 e. The predicted molar refractivity (Wildman–Crippen MR) is 134 cm³/mol. The summed E-state index contributed by atoms with van der Waals surface area (Å²) in [7, 11) is 0. The van der Waals surface area contributed by atoms with Crippen LogP contribution < -0.4 is 10.9 Å². The molecule has 4 aromatic rings. The lowest BCUT2D eigenvalue weighted by Gasteiger charge is -2.29. The number of nitrogens with one attached hydrogen (secondary N) is 2. The summed E-state index contributed by atoms with van der Waals surface area (Å²) in [6.07, 6.45) is 8.79. The molecule has 5 rings (SSSR count). The van der Waals surface area contributed by atoms with Crippen LogP contribution >= 0.6 is 0 Å². The number of nitrogens with zero attached hydrogens (tertiary/aromatic N) is 4. The molecular weight excluding hydrogens is 444 g/mol. The third-order valence-electron chi connectivity index (χ3n) is 6.48. The lowest BCUT2D eigenvalue weighted by Crippen LogP contribution is -2.37. The first-order valence-corrected chi connectivity index (χ1v) is 11.7. The Morgan fingerprint density at radius 3 is 2.57 bits per heavy atom. The third-order valence-corrected chi connectivity index (χ3v) is 6.48. The van der Waals surface area contributed by atoms with E-state index in [9.17, 15) is 9.59 Å². The molecule has 0 saturated carbocycles. The number of piperidine rings is 1. The number of likely N-dealkylation sites (tertiary alicyclic amines) is 1. The number of aromatic amines is 1. The zero-order valence-corrected chi connectivity index (χ0v) is 19.1. The molecule has 3 aromatic heterocycles. The van der Waals surface area contributed by atoms with Crippen LogP contribution in [-0.4, -0.2) is 55.5 Å². The third kappa shape index (κ3) is 5.20. The summed E-state index contributed by atoms with van der Waals surface area (Å²) in [5, 5.41) is 13.7. The van der Waals surface area contributed by atoms with E-state index in [4.69, 9.17) is 10.1 Å².